The molecule has 1 fully saturated rings. The third kappa shape index (κ3) is 4.76. The second kappa shape index (κ2) is 8.71. The van der Waals surface area contributed by atoms with Crippen molar-refractivity contribution < 1.29 is 13.9 Å². The Kier molecular flexibility index (Phi) is 6.12. The van der Waals surface area contributed by atoms with Gasteiger partial charge < -0.3 is 15.0 Å². The highest BCUT2D eigenvalue weighted by atomic mass is 19.1. The van der Waals surface area contributed by atoms with Crippen molar-refractivity contribution in [3.8, 4) is 0 Å². The third-order valence-corrected chi connectivity index (χ3v) is 4.38. The van der Waals surface area contributed by atoms with E-state index in [0.29, 0.717) is 24.8 Å². The first-order chi connectivity index (χ1) is 12.7. The Labute approximate surface area is 152 Å². The Morgan fingerprint density at radius 3 is 3.12 bits per heavy atom. The molecular formula is C19H23FN4O2. The molecule has 1 aromatic heterocycles. The normalized spacial score (nSPS) is 17.2. The highest BCUT2D eigenvalue weighted by Gasteiger charge is 2.25. The van der Waals surface area contributed by atoms with Crippen LogP contribution in [0.15, 0.2) is 36.5 Å². The molecule has 138 valence electrons. The number of benzene rings is 1. The Balaban J connectivity index is 1.68. The fourth-order valence-electron chi connectivity index (χ4n) is 3.08. The third-order valence-electron chi connectivity index (χ3n) is 4.38. The summed E-state index contributed by atoms with van der Waals surface area (Å²) in [5.41, 5.74) is 1.48. The maximum absolute atomic E-state index is 13.3. The highest BCUT2D eigenvalue weighted by molar-refractivity contribution is 5.77. The summed E-state index contributed by atoms with van der Waals surface area (Å²) in [6.07, 6.45) is 3.58. The maximum atomic E-state index is 13.3. The average molecular weight is 358 g/mol. The second-order valence-corrected chi connectivity index (χ2v) is 6.26. The highest BCUT2D eigenvalue weighted by Crippen LogP contribution is 2.26. The minimum atomic E-state index is -0.318. The molecule has 0 spiro atoms. The predicted molar refractivity (Wildman–Crippen MR) is 96.8 cm³/mol. The molecule has 7 heteroatoms. The van der Waals surface area contributed by atoms with Gasteiger partial charge in [0.1, 0.15) is 12.4 Å². The van der Waals surface area contributed by atoms with Crippen LogP contribution >= 0.6 is 0 Å². The van der Waals surface area contributed by atoms with Gasteiger partial charge in [0.05, 0.1) is 5.69 Å². The van der Waals surface area contributed by atoms with Gasteiger partial charge in [0, 0.05) is 37.5 Å². The van der Waals surface area contributed by atoms with Crippen LogP contribution in [0.4, 0.5) is 16.0 Å². The Morgan fingerprint density at radius 1 is 1.42 bits per heavy atom. The number of amides is 1. The van der Waals surface area contributed by atoms with E-state index in [4.69, 9.17) is 4.74 Å². The number of aromatic nitrogens is 2. The van der Waals surface area contributed by atoms with Gasteiger partial charge in [0.2, 0.25) is 11.9 Å². The molecule has 1 aliphatic rings. The minimum Gasteiger partial charge on any atom is -0.372 e. The van der Waals surface area contributed by atoms with E-state index in [1.54, 1.807) is 18.3 Å². The molecule has 1 N–H and O–H groups in total. The molecule has 1 aromatic carbocycles. The van der Waals surface area contributed by atoms with E-state index in [2.05, 4.69) is 15.3 Å². The van der Waals surface area contributed by atoms with Crippen LogP contribution in [0.1, 0.15) is 31.4 Å². The molecule has 26 heavy (non-hydrogen) atoms. The van der Waals surface area contributed by atoms with Crippen LogP contribution in [-0.2, 0) is 9.53 Å². The molecule has 1 amide bonds. The lowest BCUT2D eigenvalue weighted by atomic mass is 9.94. The number of halogens is 1. The molecule has 1 aliphatic heterocycles. The summed E-state index contributed by atoms with van der Waals surface area (Å²) in [5.74, 6) is 0.279. The van der Waals surface area contributed by atoms with Gasteiger partial charge in [-0.3, -0.25) is 4.79 Å². The smallest absolute Gasteiger partial charge is 0.248 e. The van der Waals surface area contributed by atoms with E-state index in [-0.39, 0.29) is 24.2 Å². The number of piperidine rings is 1. The number of ether oxygens (including phenoxy) is 1. The molecular weight excluding hydrogens is 335 g/mol. The first-order valence-electron chi connectivity index (χ1n) is 8.86. The summed E-state index contributed by atoms with van der Waals surface area (Å²) in [4.78, 5) is 22.8. The average Bonchev–Trinajstić information content (AvgIpc) is 2.66. The van der Waals surface area contributed by atoms with E-state index in [0.717, 1.165) is 25.1 Å². The summed E-state index contributed by atoms with van der Waals surface area (Å²) < 4.78 is 18.5. The van der Waals surface area contributed by atoms with Crippen LogP contribution in [0.3, 0.4) is 0 Å². The van der Waals surface area contributed by atoms with Gasteiger partial charge in [0.25, 0.3) is 0 Å². The van der Waals surface area contributed by atoms with Gasteiger partial charge in [-0.1, -0.05) is 6.07 Å². The number of nitrogens with zero attached hydrogens (tertiary/aromatic N) is 3. The summed E-state index contributed by atoms with van der Waals surface area (Å²) in [7, 11) is 0. The Hall–Kier alpha value is -2.54. The van der Waals surface area contributed by atoms with E-state index >= 15 is 0 Å². The number of likely N-dealkylation sites (tertiary alicyclic amines) is 1. The first kappa shape index (κ1) is 18.3. The van der Waals surface area contributed by atoms with Crippen LogP contribution in [0.5, 0.6) is 0 Å². The number of carbonyl (C=O) groups excluding carboxylic acids is 1. The van der Waals surface area contributed by atoms with E-state index in [1.807, 2.05) is 17.9 Å². The number of nitrogens with one attached hydrogen (secondary N) is 1. The quantitative estimate of drug-likeness (QED) is 0.859. The number of hydrogen-bond donors (Lipinski definition) is 1. The van der Waals surface area contributed by atoms with Gasteiger partial charge in [-0.25, -0.2) is 14.4 Å². The number of rotatable bonds is 6. The molecule has 0 bridgehead atoms. The second-order valence-electron chi connectivity index (χ2n) is 6.26. The predicted octanol–water partition coefficient (Wildman–Crippen LogP) is 3.10. The fourth-order valence-corrected chi connectivity index (χ4v) is 3.08. The Morgan fingerprint density at radius 2 is 2.31 bits per heavy atom. The fraction of sp³-hybridized carbons (Fsp3) is 0.421. The van der Waals surface area contributed by atoms with Crippen LogP contribution in [0.25, 0.3) is 0 Å². The van der Waals surface area contributed by atoms with Gasteiger partial charge in [0.15, 0.2) is 0 Å². The van der Waals surface area contributed by atoms with Crippen molar-refractivity contribution in [1.29, 1.82) is 0 Å². The zero-order valence-corrected chi connectivity index (χ0v) is 14.8. The zero-order chi connectivity index (χ0) is 18.4. The molecule has 1 saturated heterocycles. The van der Waals surface area contributed by atoms with E-state index < -0.39 is 0 Å². The zero-order valence-electron chi connectivity index (χ0n) is 14.8. The van der Waals surface area contributed by atoms with Crippen molar-refractivity contribution in [3.05, 3.63) is 48.0 Å². The first-order valence-corrected chi connectivity index (χ1v) is 8.86. The van der Waals surface area contributed by atoms with E-state index in [1.165, 1.54) is 12.1 Å². The molecule has 0 saturated carbocycles. The molecule has 2 aromatic rings. The summed E-state index contributed by atoms with van der Waals surface area (Å²) >= 11 is 0. The van der Waals surface area contributed by atoms with Gasteiger partial charge >= 0.3 is 0 Å². The van der Waals surface area contributed by atoms with Crippen molar-refractivity contribution in [2.75, 3.05) is 31.6 Å². The van der Waals surface area contributed by atoms with Gasteiger partial charge in [-0.15, -0.1) is 0 Å². The number of anilines is 2. The largest absolute Gasteiger partial charge is 0.372 e. The van der Waals surface area contributed by atoms with Crippen molar-refractivity contribution in [3.63, 3.8) is 0 Å². The summed E-state index contributed by atoms with van der Waals surface area (Å²) in [6, 6.07) is 8.04. The summed E-state index contributed by atoms with van der Waals surface area (Å²) in [5, 5.41) is 3.02. The SMILES string of the molecule is CCOCC(=O)N1CCC[C@H](c2ccnc(Nc3cccc(F)c3)n2)C1. The molecule has 0 unspecified atom stereocenters. The van der Waals surface area contributed by atoms with Crippen LogP contribution < -0.4 is 5.32 Å². The summed E-state index contributed by atoms with van der Waals surface area (Å²) in [6.45, 7) is 3.91. The lowest BCUT2D eigenvalue weighted by Crippen LogP contribution is -2.41. The van der Waals surface area contributed by atoms with Crippen LogP contribution in [0.2, 0.25) is 0 Å². The number of carbonyl (C=O) groups is 1. The van der Waals surface area contributed by atoms with Crippen LogP contribution in [-0.4, -0.2) is 47.1 Å². The lowest BCUT2D eigenvalue weighted by molar-refractivity contribution is -0.137. The Bertz CT molecular complexity index is 756. The molecule has 0 aliphatic carbocycles. The van der Waals surface area contributed by atoms with E-state index in [9.17, 15) is 9.18 Å². The number of hydrogen-bond acceptors (Lipinski definition) is 5. The molecule has 3 rings (SSSR count). The molecule has 2 heterocycles. The monoisotopic (exact) mass is 358 g/mol. The van der Waals surface area contributed by atoms with Crippen molar-refractivity contribution >= 4 is 17.5 Å². The molecule has 1 atom stereocenters. The van der Waals surface area contributed by atoms with Gasteiger partial charge in [-0.05, 0) is 44.0 Å². The maximum Gasteiger partial charge on any atom is 0.248 e. The molecule has 6 nitrogen and oxygen atoms in total. The minimum absolute atomic E-state index is 0.0173. The molecule has 0 radical (unpaired) electrons. The lowest BCUT2D eigenvalue weighted by Gasteiger charge is -2.32. The van der Waals surface area contributed by atoms with Crippen molar-refractivity contribution in [2.24, 2.45) is 0 Å². The van der Waals surface area contributed by atoms with Crippen molar-refractivity contribution in [1.82, 2.24) is 14.9 Å². The standard InChI is InChI=1S/C19H23FN4O2/c1-2-26-13-18(25)24-10-4-5-14(12-24)17-8-9-21-19(23-17)22-16-7-3-6-15(20)11-16/h3,6-9,11,14H,2,4-5,10,12-13H2,1H3,(H,21,22,23)/t14-/m0/s1. The topological polar surface area (TPSA) is 67.3 Å². The van der Waals surface area contributed by atoms with Gasteiger partial charge in [-0.2, -0.15) is 0 Å². The van der Waals surface area contributed by atoms with Crippen molar-refractivity contribution in [2.45, 2.75) is 25.7 Å². The van der Waals surface area contributed by atoms with Crippen LogP contribution in [0, 0.1) is 5.82 Å².